The number of morpholine rings is 1. The summed E-state index contributed by atoms with van der Waals surface area (Å²) in [5.41, 5.74) is 0.638. The smallest absolute Gasteiger partial charge is 0.233 e. The number of halogens is 1. The highest BCUT2D eigenvalue weighted by atomic mass is 32.2. The van der Waals surface area contributed by atoms with Crippen molar-refractivity contribution in [3.63, 3.8) is 0 Å². The van der Waals surface area contributed by atoms with Crippen molar-refractivity contribution < 1.29 is 13.9 Å². The van der Waals surface area contributed by atoms with E-state index in [4.69, 9.17) is 4.74 Å². The predicted molar refractivity (Wildman–Crippen MR) is 101 cm³/mol. The summed E-state index contributed by atoms with van der Waals surface area (Å²) in [5, 5.41) is 11.9. The van der Waals surface area contributed by atoms with Gasteiger partial charge in [0.1, 0.15) is 5.82 Å². The Kier molecular flexibility index (Phi) is 5.31. The van der Waals surface area contributed by atoms with E-state index in [1.54, 1.807) is 6.07 Å². The number of amides is 1. The van der Waals surface area contributed by atoms with Gasteiger partial charge in [0.15, 0.2) is 5.16 Å². The summed E-state index contributed by atoms with van der Waals surface area (Å²) in [6.45, 7) is 4.45. The number of thioether (sulfide) groups is 1. The van der Waals surface area contributed by atoms with Gasteiger partial charge in [-0.15, -0.1) is 10.2 Å². The second-order valence-electron chi connectivity index (χ2n) is 6.74. The predicted octanol–water partition coefficient (Wildman–Crippen LogP) is 2.00. The van der Waals surface area contributed by atoms with Gasteiger partial charge in [0, 0.05) is 19.1 Å². The van der Waals surface area contributed by atoms with Gasteiger partial charge in [-0.25, -0.2) is 4.39 Å². The third-order valence-electron chi connectivity index (χ3n) is 4.55. The van der Waals surface area contributed by atoms with Crippen LogP contribution in [0.4, 0.5) is 10.3 Å². The minimum Gasteiger partial charge on any atom is -0.378 e. The largest absolute Gasteiger partial charge is 0.378 e. The minimum absolute atomic E-state index is 0.00999. The molecule has 2 fully saturated rings. The van der Waals surface area contributed by atoms with Crippen LogP contribution in [0.5, 0.6) is 0 Å². The first-order valence-electron chi connectivity index (χ1n) is 9.13. The standard InChI is InChI=1S/C18H22FN5O2S/c1-12(16(25)20-14-5-6-14)27-18-22-21-17(23-7-9-26-10-8-23)24(18)15-4-2-3-13(19)11-15/h2-4,11-12,14H,5-10H2,1H3,(H,20,25)/t12-/m0/s1. The van der Waals surface area contributed by atoms with Crippen molar-refractivity contribution in [2.45, 2.75) is 36.2 Å². The molecule has 1 aromatic heterocycles. The summed E-state index contributed by atoms with van der Waals surface area (Å²) in [4.78, 5) is 14.4. The first-order chi connectivity index (χ1) is 13.1. The van der Waals surface area contributed by atoms with Crippen LogP contribution in [0.15, 0.2) is 29.4 Å². The van der Waals surface area contributed by atoms with Crippen LogP contribution >= 0.6 is 11.8 Å². The second kappa shape index (κ2) is 7.85. The Morgan fingerprint density at radius 3 is 2.81 bits per heavy atom. The molecule has 0 spiro atoms. The molecule has 0 radical (unpaired) electrons. The fourth-order valence-electron chi connectivity index (χ4n) is 2.91. The zero-order valence-electron chi connectivity index (χ0n) is 15.1. The third-order valence-corrected chi connectivity index (χ3v) is 5.59. The molecule has 1 saturated heterocycles. The van der Waals surface area contributed by atoms with Crippen LogP contribution in [0.3, 0.4) is 0 Å². The van der Waals surface area contributed by atoms with Crippen LogP contribution in [0, 0.1) is 5.82 Å². The lowest BCUT2D eigenvalue weighted by atomic mass is 10.3. The van der Waals surface area contributed by atoms with Crippen LogP contribution in [0.25, 0.3) is 5.69 Å². The Labute approximate surface area is 161 Å². The number of nitrogens with one attached hydrogen (secondary N) is 1. The van der Waals surface area contributed by atoms with Gasteiger partial charge in [0.05, 0.1) is 24.2 Å². The maximum absolute atomic E-state index is 13.8. The number of hydrogen-bond acceptors (Lipinski definition) is 6. The van der Waals surface area contributed by atoms with Gasteiger partial charge in [-0.3, -0.25) is 9.36 Å². The summed E-state index contributed by atoms with van der Waals surface area (Å²) >= 11 is 1.33. The third kappa shape index (κ3) is 4.24. The molecule has 4 rings (SSSR count). The molecular formula is C18H22FN5O2S. The first kappa shape index (κ1) is 18.2. The quantitative estimate of drug-likeness (QED) is 0.760. The topological polar surface area (TPSA) is 72.3 Å². The maximum Gasteiger partial charge on any atom is 0.233 e. The molecule has 144 valence electrons. The Balaban J connectivity index is 1.63. The molecule has 2 aromatic rings. The molecule has 1 aliphatic heterocycles. The van der Waals surface area contributed by atoms with E-state index >= 15 is 0 Å². The van der Waals surface area contributed by atoms with Crippen molar-refractivity contribution in [2.24, 2.45) is 0 Å². The number of benzene rings is 1. The van der Waals surface area contributed by atoms with Crippen LogP contribution in [-0.4, -0.2) is 58.3 Å². The number of hydrogen-bond donors (Lipinski definition) is 1. The average molecular weight is 391 g/mol. The van der Waals surface area contributed by atoms with Crippen molar-refractivity contribution in [3.8, 4) is 5.69 Å². The molecular weight excluding hydrogens is 369 g/mol. The van der Waals surface area contributed by atoms with Crippen molar-refractivity contribution in [1.82, 2.24) is 20.1 Å². The summed E-state index contributed by atoms with van der Waals surface area (Å²) in [6, 6.07) is 6.64. The van der Waals surface area contributed by atoms with E-state index in [1.807, 2.05) is 17.6 Å². The molecule has 1 aliphatic carbocycles. The van der Waals surface area contributed by atoms with E-state index in [2.05, 4.69) is 20.4 Å². The molecule has 27 heavy (non-hydrogen) atoms. The monoisotopic (exact) mass is 391 g/mol. The highest BCUT2D eigenvalue weighted by molar-refractivity contribution is 8.00. The number of anilines is 1. The molecule has 1 atom stereocenters. The molecule has 1 amide bonds. The fourth-order valence-corrected chi connectivity index (χ4v) is 3.78. The fraction of sp³-hybridized carbons (Fsp3) is 0.500. The zero-order chi connectivity index (χ0) is 18.8. The molecule has 1 N–H and O–H groups in total. The van der Waals surface area contributed by atoms with Crippen molar-refractivity contribution >= 4 is 23.6 Å². The minimum atomic E-state index is -0.329. The van der Waals surface area contributed by atoms with Gasteiger partial charge < -0.3 is 15.0 Å². The van der Waals surface area contributed by atoms with Gasteiger partial charge in [-0.1, -0.05) is 17.8 Å². The normalized spacial score (nSPS) is 18.4. The molecule has 0 unspecified atom stereocenters. The summed E-state index contributed by atoms with van der Waals surface area (Å²) in [7, 11) is 0. The van der Waals surface area contributed by atoms with Gasteiger partial charge in [0.2, 0.25) is 11.9 Å². The van der Waals surface area contributed by atoms with Crippen LogP contribution in [0.1, 0.15) is 19.8 Å². The molecule has 2 aliphatic rings. The Bertz CT molecular complexity index is 820. The lowest BCUT2D eigenvalue weighted by Gasteiger charge is -2.28. The van der Waals surface area contributed by atoms with E-state index in [1.165, 1.54) is 23.9 Å². The van der Waals surface area contributed by atoms with E-state index in [0.29, 0.717) is 49.1 Å². The van der Waals surface area contributed by atoms with Crippen molar-refractivity contribution in [2.75, 3.05) is 31.2 Å². The Hall–Kier alpha value is -2.13. The van der Waals surface area contributed by atoms with E-state index in [-0.39, 0.29) is 17.0 Å². The van der Waals surface area contributed by atoms with Crippen molar-refractivity contribution in [3.05, 3.63) is 30.1 Å². The van der Waals surface area contributed by atoms with Crippen LogP contribution in [-0.2, 0) is 9.53 Å². The highest BCUT2D eigenvalue weighted by Crippen LogP contribution is 2.30. The molecule has 0 bridgehead atoms. The van der Waals surface area contributed by atoms with Gasteiger partial charge in [0.25, 0.3) is 0 Å². The molecule has 9 heteroatoms. The molecule has 1 aromatic carbocycles. The number of carbonyl (C=O) groups excluding carboxylic acids is 1. The SMILES string of the molecule is C[C@H](Sc1nnc(N2CCOCC2)n1-c1cccc(F)c1)C(=O)NC1CC1. The maximum atomic E-state index is 13.8. The van der Waals surface area contributed by atoms with Gasteiger partial charge >= 0.3 is 0 Å². The van der Waals surface area contributed by atoms with E-state index < -0.39 is 0 Å². The summed E-state index contributed by atoms with van der Waals surface area (Å²) < 4.78 is 21.1. The second-order valence-corrected chi connectivity index (χ2v) is 8.05. The highest BCUT2D eigenvalue weighted by Gasteiger charge is 2.28. The first-order valence-corrected chi connectivity index (χ1v) is 10.0. The number of aromatic nitrogens is 3. The number of ether oxygens (including phenoxy) is 1. The zero-order valence-corrected chi connectivity index (χ0v) is 15.9. The van der Waals surface area contributed by atoms with E-state index in [0.717, 1.165) is 12.8 Å². The number of rotatable bonds is 6. The average Bonchev–Trinajstić information content (AvgIpc) is 3.39. The molecule has 7 nitrogen and oxygen atoms in total. The van der Waals surface area contributed by atoms with Gasteiger partial charge in [-0.2, -0.15) is 0 Å². The molecule has 1 saturated carbocycles. The van der Waals surface area contributed by atoms with Gasteiger partial charge in [-0.05, 0) is 38.0 Å². The molecule has 2 heterocycles. The van der Waals surface area contributed by atoms with Crippen LogP contribution < -0.4 is 10.2 Å². The van der Waals surface area contributed by atoms with Crippen LogP contribution in [0.2, 0.25) is 0 Å². The Morgan fingerprint density at radius 1 is 1.33 bits per heavy atom. The lowest BCUT2D eigenvalue weighted by molar-refractivity contribution is -0.120. The number of nitrogens with zero attached hydrogens (tertiary/aromatic N) is 4. The number of carbonyl (C=O) groups is 1. The Morgan fingerprint density at radius 2 is 2.11 bits per heavy atom. The lowest BCUT2D eigenvalue weighted by Crippen LogP contribution is -2.38. The van der Waals surface area contributed by atoms with E-state index in [9.17, 15) is 9.18 Å². The van der Waals surface area contributed by atoms with Crippen molar-refractivity contribution in [1.29, 1.82) is 0 Å². The summed E-state index contributed by atoms with van der Waals surface area (Å²) in [6.07, 6.45) is 2.09. The summed E-state index contributed by atoms with van der Waals surface area (Å²) in [5.74, 6) is 0.301.